The lowest BCUT2D eigenvalue weighted by atomic mass is 10.2. The lowest BCUT2D eigenvalue weighted by Crippen LogP contribution is -2.35. The number of benzene rings is 1. The number of nitrogens with zero attached hydrogens (tertiary/aromatic N) is 1. The van der Waals surface area contributed by atoms with Gasteiger partial charge in [0.05, 0.1) is 12.4 Å². The van der Waals surface area contributed by atoms with E-state index in [1.165, 1.54) is 28.6 Å². The van der Waals surface area contributed by atoms with E-state index in [1.807, 2.05) is 0 Å². The predicted octanol–water partition coefficient (Wildman–Crippen LogP) is 1.33. The fourth-order valence-electron chi connectivity index (χ4n) is 1.82. The quantitative estimate of drug-likeness (QED) is 0.822. The van der Waals surface area contributed by atoms with Crippen LogP contribution in [0, 0.1) is 5.82 Å². The van der Waals surface area contributed by atoms with Crippen LogP contribution in [0.5, 0.6) is 0 Å². The van der Waals surface area contributed by atoms with E-state index in [4.69, 9.17) is 4.74 Å². The van der Waals surface area contributed by atoms with Crippen LogP contribution in [0.1, 0.15) is 12.5 Å². The minimum absolute atomic E-state index is 0.124. The van der Waals surface area contributed by atoms with Crippen LogP contribution in [0.15, 0.2) is 24.3 Å². The standard InChI is InChI=1S/C11H14FNO3S/c1-9-13(6-7-16-9)17(14,15)8-10-2-4-11(12)5-3-10/h2-5,9H,6-8H2,1H3. The number of ether oxygens (including phenoxy) is 1. The highest BCUT2D eigenvalue weighted by Crippen LogP contribution is 2.18. The number of hydrogen-bond donors (Lipinski definition) is 0. The van der Waals surface area contributed by atoms with Crippen LogP contribution >= 0.6 is 0 Å². The van der Waals surface area contributed by atoms with Crippen molar-refractivity contribution < 1.29 is 17.5 Å². The SMILES string of the molecule is CC1OCCN1S(=O)(=O)Cc1ccc(F)cc1. The molecule has 2 rings (SSSR count). The molecular formula is C11H14FNO3S. The molecule has 1 unspecified atom stereocenters. The van der Waals surface area contributed by atoms with Gasteiger partial charge in [-0.15, -0.1) is 0 Å². The van der Waals surface area contributed by atoms with Gasteiger partial charge in [-0.3, -0.25) is 0 Å². The van der Waals surface area contributed by atoms with Gasteiger partial charge in [0, 0.05) is 6.54 Å². The first-order valence-electron chi connectivity index (χ1n) is 5.34. The topological polar surface area (TPSA) is 46.6 Å². The number of sulfonamides is 1. The summed E-state index contributed by atoms with van der Waals surface area (Å²) in [6, 6.07) is 5.48. The third-order valence-corrected chi connectivity index (χ3v) is 4.59. The molecule has 6 heteroatoms. The summed E-state index contributed by atoms with van der Waals surface area (Å²) in [5.41, 5.74) is 0.575. The van der Waals surface area contributed by atoms with Crippen molar-refractivity contribution in [1.82, 2.24) is 4.31 Å². The Bertz CT molecular complexity index is 486. The third kappa shape index (κ3) is 2.83. The zero-order valence-corrected chi connectivity index (χ0v) is 10.3. The normalized spacial score (nSPS) is 21.9. The molecule has 0 spiro atoms. The van der Waals surface area contributed by atoms with Gasteiger partial charge in [-0.1, -0.05) is 12.1 Å². The molecule has 0 radical (unpaired) electrons. The molecule has 1 heterocycles. The molecule has 0 aliphatic carbocycles. The smallest absolute Gasteiger partial charge is 0.220 e. The molecule has 1 saturated heterocycles. The van der Waals surface area contributed by atoms with Gasteiger partial charge in [-0.25, -0.2) is 12.8 Å². The van der Waals surface area contributed by atoms with Crippen LogP contribution in [-0.2, 0) is 20.5 Å². The van der Waals surface area contributed by atoms with E-state index in [0.717, 1.165) is 0 Å². The van der Waals surface area contributed by atoms with Gasteiger partial charge in [0.1, 0.15) is 12.0 Å². The fraction of sp³-hybridized carbons (Fsp3) is 0.455. The minimum Gasteiger partial charge on any atom is -0.361 e. The first-order valence-corrected chi connectivity index (χ1v) is 6.95. The molecule has 0 saturated carbocycles. The van der Waals surface area contributed by atoms with Crippen LogP contribution in [0.3, 0.4) is 0 Å². The Hall–Kier alpha value is -0.980. The molecule has 1 aromatic rings. The second-order valence-electron chi connectivity index (χ2n) is 3.96. The first-order chi connectivity index (χ1) is 7.99. The van der Waals surface area contributed by atoms with Gasteiger partial charge >= 0.3 is 0 Å². The van der Waals surface area contributed by atoms with E-state index >= 15 is 0 Å². The summed E-state index contributed by atoms with van der Waals surface area (Å²) in [7, 11) is -3.39. The number of hydrogen-bond acceptors (Lipinski definition) is 3. The monoisotopic (exact) mass is 259 g/mol. The molecule has 4 nitrogen and oxygen atoms in total. The molecule has 0 aromatic heterocycles. The van der Waals surface area contributed by atoms with Crippen LogP contribution in [0.25, 0.3) is 0 Å². The largest absolute Gasteiger partial charge is 0.361 e. The molecule has 1 aliphatic rings. The molecule has 1 atom stereocenters. The average molecular weight is 259 g/mol. The summed E-state index contributed by atoms with van der Waals surface area (Å²) in [5.74, 6) is -0.495. The Morgan fingerprint density at radius 1 is 1.41 bits per heavy atom. The van der Waals surface area contributed by atoms with E-state index in [0.29, 0.717) is 18.7 Å². The molecule has 0 N–H and O–H groups in total. The van der Waals surface area contributed by atoms with Gasteiger partial charge in [0.15, 0.2) is 0 Å². The minimum atomic E-state index is -3.39. The van der Waals surface area contributed by atoms with Crippen LogP contribution in [-0.4, -0.2) is 32.1 Å². The highest BCUT2D eigenvalue weighted by Gasteiger charge is 2.32. The first kappa shape index (κ1) is 12.5. The summed E-state index contributed by atoms with van der Waals surface area (Å²) in [5, 5.41) is 0. The molecule has 1 aliphatic heterocycles. The van der Waals surface area contributed by atoms with Crippen molar-refractivity contribution >= 4 is 10.0 Å². The maximum absolute atomic E-state index is 12.7. The molecule has 0 bridgehead atoms. The van der Waals surface area contributed by atoms with Gasteiger partial charge in [0.2, 0.25) is 10.0 Å². The molecular weight excluding hydrogens is 245 g/mol. The summed E-state index contributed by atoms with van der Waals surface area (Å²) in [4.78, 5) is 0. The average Bonchev–Trinajstić information content (AvgIpc) is 2.68. The highest BCUT2D eigenvalue weighted by atomic mass is 32.2. The van der Waals surface area contributed by atoms with Gasteiger partial charge in [0.25, 0.3) is 0 Å². The van der Waals surface area contributed by atoms with Crippen molar-refractivity contribution in [2.75, 3.05) is 13.2 Å². The zero-order chi connectivity index (χ0) is 12.5. The molecule has 17 heavy (non-hydrogen) atoms. The Balaban J connectivity index is 2.14. The Morgan fingerprint density at radius 2 is 2.06 bits per heavy atom. The Kier molecular flexibility index (Phi) is 3.46. The fourth-order valence-corrected chi connectivity index (χ4v) is 3.46. The van der Waals surface area contributed by atoms with Crippen LogP contribution in [0.2, 0.25) is 0 Å². The zero-order valence-electron chi connectivity index (χ0n) is 9.47. The Labute approximate surface area is 100 Å². The van der Waals surface area contributed by atoms with E-state index in [2.05, 4.69) is 0 Å². The van der Waals surface area contributed by atoms with Crippen molar-refractivity contribution in [3.63, 3.8) is 0 Å². The van der Waals surface area contributed by atoms with Crippen LogP contribution in [0.4, 0.5) is 4.39 Å². The maximum atomic E-state index is 12.7. The second-order valence-corrected chi connectivity index (χ2v) is 5.89. The summed E-state index contributed by atoms with van der Waals surface area (Å²) in [6.07, 6.45) is -0.416. The summed E-state index contributed by atoms with van der Waals surface area (Å²) in [6.45, 7) is 2.50. The van der Waals surface area contributed by atoms with Crippen molar-refractivity contribution in [1.29, 1.82) is 0 Å². The Morgan fingerprint density at radius 3 is 2.59 bits per heavy atom. The van der Waals surface area contributed by atoms with E-state index in [9.17, 15) is 12.8 Å². The predicted molar refractivity (Wildman–Crippen MR) is 61.1 cm³/mol. The lowest BCUT2D eigenvalue weighted by Gasteiger charge is -2.19. The summed E-state index contributed by atoms with van der Waals surface area (Å²) >= 11 is 0. The summed E-state index contributed by atoms with van der Waals surface area (Å²) < 4.78 is 43.3. The van der Waals surface area contributed by atoms with Crippen molar-refractivity contribution in [2.24, 2.45) is 0 Å². The van der Waals surface area contributed by atoms with Gasteiger partial charge in [-0.2, -0.15) is 4.31 Å². The van der Waals surface area contributed by atoms with E-state index < -0.39 is 16.3 Å². The van der Waals surface area contributed by atoms with E-state index in [1.54, 1.807) is 6.92 Å². The number of halogens is 1. The highest BCUT2D eigenvalue weighted by molar-refractivity contribution is 7.88. The molecule has 0 amide bonds. The van der Waals surface area contributed by atoms with Gasteiger partial charge < -0.3 is 4.74 Å². The van der Waals surface area contributed by atoms with Crippen molar-refractivity contribution in [3.8, 4) is 0 Å². The second kappa shape index (κ2) is 4.72. The van der Waals surface area contributed by atoms with Crippen LogP contribution < -0.4 is 0 Å². The van der Waals surface area contributed by atoms with Crippen molar-refractivity contribution in [2.45, 2.75) is 18.9 Å². The maximum Gasteiger partial charge on any atom is 0.220 e. The van der Waals surface area contributed by atoms with E-state index in [-0.39, 0.29) is 11.6 Å². The lowest BCUT2D eigenvalue weighted by molar-refractivity contribution is 0.0846. The van der Waals surface area contributed by atoms with Crippen molar-refractivity contribution in [3.05, 3.63) is 35.6 Å². The number of rotatable bonds is 3. The van der Waals surface area contributed by atoms with Gasteiger partial charge in [-0.05, 0) is 24.6 Å². The molecule has 94 valence electrons. The third-order valence-electron chi connectivity index (χ3n) is 2.70. The molecule has 1 fully saturated rings. The molecule has 1 aromatic carbocycles.